The predicted octanol–water partition coefficient (Wildman–Crippen LogP) is 3.17. The largest absolute Gasteiger partial charge is 0.454 e. The number of carbonyl (C=O) groups excluding carboxylic acids is 3. The Morgan fingerprint density at radius 3 is 2.56 bits per heavy atom. The van der Waals surface area contributed by atoms with E-state index in [2.05, 4.69) is 5.32 Å². The summed E-state index contributed by atoms with van der Waals surface area (Å²) in [6.45, 7) is 1.71. The molecular weight excluding hydrogens is 436 g/mol. The second-order valence-electron chi connectivity index (χ2n) is 8.35. The number of aryl methyl sites for hydroxylation is 1. The third-order valence-corrected chi connectivity index (χ3v) is 5.99. The Labute approximate surface area is 195 Å². The molecule has 0 aromatic heterocycles. The molecular formula is C26H22N2O6. The zero-order valence-electron chi connectivity index (χ0n) is 18.4. The lowest BCUT2D eigenvalue weighted by Gasteiger charge is -2.22. The molecule has 34 heavy (non-hydrogen) atoms. The fraction of sp³-hybridized carbons (Fsp3) is 0.192. The first-order valence-electron chi connectivity index (χ1n) is 10.8. The standard InChI is InChI=1S/C26H22N2O6/c1-16-6-9-18(10-7-16)27-24(30)14-28-20-5-3-2-4-19(20)26(32,25(28)31)13-21(29)17-8-11-22-23(12-17)34-15-33-22/h2-12,32H,13-15H2,1H3,(H,27,30)/t26-/m0/s1. The molecule has 0 fully saturated rings. The van der Waals surface area contributed by atoms with Gasteiger partial charge in [-0.05, 0) is 43.3 Å². The van der Waals surface area contributed by atoms with E-state index in [1.807, 2.05) is 19.1 Å². The van der Waals surface area contributed by atoms with E-state index in [9.17, 15) is 19.5 Å². The van der Waals surface area contributed by atoms with Crippen molar-refractivity contribution < 1.29 is 29.0 Å². The Kier molecular flexibility index (Phi) is 5.30. The molecule has 0 unspecified atom stereocenters. The average Bonchev–Trinajstić information content (AvgIpc) is 3.38. The molecule has 0 saturated carbocycles. The molecule has 3 aromatic rings. The van der Waals surface area contributed by atoms with Crippen LogP contribution in [0.5, 0.6) is 11.5 Å². The number of nitrogens with zero attached hydrogens (tertiary/aromatic N) is 1. The molecule has 3 aromatic carbocycles. The molecule has 0 aliphatic carbocycles. The Morgan fingerprint density at radius 1 is 1.03 bits per heavy atom. The van der Waals surface area contributed by atoms with Crippen molar-refractivity contribution in [1.82, 2.24) is 0 Å². The van der Waals surface area contributed by atoms with Crippen LogP contribution in [-0.2, 0) is 15.2 Å². The van der Waals surface area contributed by atoms with Gasteiger partial charge in [-0.3, -0.25) is 19.3 Å². The lowest BCUT2D eigenvalue weighted by atomic mass is 9.88. The highest BCUT2D eigenvalue weighted by molar-refractivity contribution is 6.13. The number of amides is 2. The molecule has 2 N–H and O–H groups in total. The van der Waals surface area contributed by atoms with Crippen LogP contribution in [0.4, 0.5) is 11.4 Å². The Balaban J connectivity index is 1.38. The summed E-state index contributed by atoms with van der Waals surface area (Å²) in [6, 6.07) is 18.6. The van der Waals surface area contributed by atoms with Crippen LogP contribution >= 0.6 is 0 Å². The maximum absolute atomic E-state index is 13.4. The highest BCUT2D eigenvalue weighted by atomic mass is 16.7. The van der Waals surface area contributed by atoms with Gasteiger partial charge in [0.1, 0.15) is 6.54 Å². The first-order chi connectivity index (χ1) is 16.3. The van der Waals surface area contributed by atoms with Crippen LogP contribution in [0.2, 0.25) is 0 Å². The number of ketones is 1. The van der Waals surface area contributed by atoms with Gasteiger partial charge in [-0.15, -0.1) is 0 Å². The number of ether oxygens (including phenoxy) is 2. The lowest BCUT2D eigenvalue weighted by molar-refractivity contribution is -0.136. The van der Waals surface area contributed by atoms with Crippen LogP contribution in [0.3, 0.4) is 0 Å². The second-order valence-corrected chi connectivity index (χ2v) is 8.35. The number of nitrogens with one attached hydrogen (secondary N) is 1. The number of rotatable bonds is 6. The number of anilines is 2. The summed E-state index contributed by atoms with van der Waals surface area (Å²) < 4.78 is 10.6. The number of benzene rings is 3. The quantitative estimate of drug-likeness (QED) is 0.550. The SMILES string of the molecule is Cc1ccc(NC(=O)CN2C(=O)[C@](O)(CC(=O)c3ccc4c(c3)OCO4)c3ccccc32)cc1. The smallest absolute Gasteiger partial charge is 0.264 e. The van der Waals surface area contributed by atoms with Crippen LogP contribution < -0.4 is 19.7 Å². The normalized spacial score (nSPS) is 18.1. The Morgan fingerprint density at radius 2 is 1.76 bits per heavy atom. The first-order valence-corrected chi connectivity index (χ1v) is 10.8. The van der Waals surface area contributed by atoms with Crippen molar-refractivity contribution >= 4 is 29.0 Å². The van der Waals surface area contributed by atoms with Crippen LogP contribution in [-0.4, -0.2) is 36.0 Å². The topological polar surface area (TPSA) is 105 Å². The molecule has 2 heterocycles. The first kappa shape index (κ1) is 21.7. The molecule has 0 bridgehead atoms. The van der Waals surface area contributed by atoms with Crippen molar-refractivity contribution in [2.24, 2.45) is 0 Å². The van der Waals surface area contributed by atoms with Crippen molar-refractivity contribution in [2.75, 3.05) is 23.6 Å². The van der Waals surface area contributed by atoms with Crippen molar-refractivity contribution in [3.05, 3.63) is 83.4 Å². The van der Waals surface area contributed by atoms with E-state index in [1.165, 1.54) is 11.0 Å². The molecule has 2 amide bonds. The molecule has 0 saturated heterocycles. The second kappa shape index (κ2) is 8.31. The zero-order chi connectivity index (χ0) is 23.9. The summed E-state index contributed by atoms with van der Waals surface area (Å²) in [5.41, 5.74) is 0.541. The van der Waals surface area contributed by atoms with Gasteiger partial charge in [0.2, 0.25) is 12.7 Å². The zero-order valence-corrected chi connectivity index (χ0v) is 18.4. The highest BCUT2D eigenvalue weighted by Crippen LogP contribution is 2.43. The highest BCUT2D eigenvalue weighted by Gasteiger charge is 2.51. The van der Waals surface area contributed by atoms with E-state index in [0.29, 0.717) is 28.4 Å². The Bertz CT molecular complexity index is 1300. The lowest BCUT2D eigenvalue weighted by Crippen LogP contribution is -2.44. The van der Waals surface area contributed by atoms with E-state index in [4.69, 9.17) is 9.47 Å². The van der Waals surface area contributed by atoms with Gasteiger partial charge >= 0.3 is 0 Å². The average molecular weight is 458 g/mol. The molecule has 0 radical (unpaired) electrons. The summed E-state index contributed by atoms with van der Waals surface area (Å²) in [6.07, 6.45) is -0.474. The third-order valence-electron chi connectivity index (χ3n) is 5.99. The number of carbonyl (C=O) groups is 3. The van der Waals surface area contributed by atoms with Crippen LogP contribution in [0.1, 0.15) is 27.9 Å². The molecule has 8 nitrogen and oxygen atoms in total. The number of hydrogen-bond acceptors (Lipinski definition) is 6. The van der Waals surface area contributed by atoms with E-state index in [0.717, 1.165) is 5.56 Å². The summed E-state index contributed by atoms with van der Waals surface area (Å²) >= 11 is 0. The van der Waals surface area contributed by atoms with Gasteiger partial charge in [-0.1, -0.05) is 35.9 Å². The Hall–Kier alpha value is -4.17. The monoisotopic (exact) mass is 458 g/mol. The van der Waals surface area contributed by atoms with Crippen molar-refractivity contribution in [3.63, 3.8) is 0 Å². The fourth-order valence-electron chi connectivity index (χ4n) is 4.22. The van der Waals surface area contributed by atoms with Gasteiger partial charge in [-0.25, -0.2) is 0 Å². The van der Waals surface area contributed by atoms with Gasteiger partial charge in [0, 0.05) is 16.8 Å². The molecule has 1 atom stereocenters. The van der Waals surface area contributed by atoms with E-state index in [1.54, 1.807) is 48.5 Å². The summed E-state index contributed by atoms with van der Waals surface area (Å²) in [5.74, 6) is -0.608. The maximum atomic E-state index is 13.4. The van der Waals surface area contributed by atoms with Gasteiger partial charge in [-0.2, -0.15) is 0 Å². The van der Waals surface area contributed by atoms with Crippen molar-refractivity contribution in [2.45, 2.75) is 18.9 Å². The number of hydrogen-bond donors (Lipinski definition) is 2. The summed E-state index contributed by atoms with van der Waals surface area (Å²) in [4.78, 5) is 40.3. The minimum atomic E-state index is -2.09. The van der Waals surface area contributed by atoms with Crippen molar-refractivity contribution in [3.8, 4) is 11.5 Å². The molecule has 5 rings (SSSR count). The number of aliphatic hydroxyl groups is 1. The number of Topliss-reactive ketones (excluding diaryl/α,β-unsaturated/α-hetero) is 1. The molecule has 2 aliphatic heterocycles. The van der Waals surface area contributed by atoms with E-state index in [-0.39, 0.29) is 18.9 Å². The van der Waals surface area contributed by atoms with Gasteiger partial charge in [0.05, 0.1) is 12.1 Å². The fourth-order valence-corrected chi connectivity index (χ4v) is 4.22. The van der Waals surface area contributed by atoms with E-state index < -0.39 is 29.6 Å². The molecule has 172 valence electrons. The van der Waals surface area contributed by atoms with Gasteiger partial charge < -0.3 is 19.9 Å². The molecule has 8 heteroatoms. The van der Waals surface area contributed by atoms with Crippen LogP contribution in [0.25, 0.3) is 0 Å². The maximum Gasteiger partial charge on any atom is 0.264 e. The van der Waals surface area contributed by atoms with Gasteiger partial charge in [0.15, 0.2) is 22.9 Å². The van der Waals surface area contributed by atoms with Crippen molar-refractivity contribution in [1.29, 1.82) is 0 Å². The molecule has 2 aliphatic rings. The number of para-hydroxylation sites is 1. The summed E-state index contributed by atoms with van der Waals surface area (Å²) in [5, 5.41) is 14.2. The van der Waals surface area contributed by atoms with Gasteiger partial charge in [0.25, 0.3) is 5.91 Å². The van der Waals surface area contributed by atoms with Crippen LogP contribution in [0.15, 0.2) is 66.7 Å². The van der Waals surface area contributed by atoms with E-state index >= 15 is 0 Å². The third kappa shape index (κ3) is 3.78. The minimum Gasteiger partial charge on any atom is -0.454 e. The summed E-state index contributed by atoms with van der Waals surface area (Å²) in [7, 11) is 0. The van der Waals surface area contributed by atoms with Crippen LogP contribution in [0, 0.1) is 6.92 Å². The molecule has 0 spiro atoms. The number of fused-ring (bicyclic) bond motifs is 2. The minimum absolute atomic E-state index is 0.0718. The predicted molar refractivity (Wildman–Crippen MR) is 124 cm³/mol.